The van der Waals surface area contributed by atoms with Crippen LogP contribution in [-0.4, -0.2) is 15.5 Å². The molecule has 2 aromatic heterocycles. The van der Waals surface area contributed by atoms with Crippen molar-refractivity contribution in [3.05, 3.63) is 84.6 Å². The maximum Gasteiger partial charge on any atom is 0.270 e. The summed E-state index contributed by atoms with van der Waals surface area (Å²) in [5.74, 6) is 0.523. The molecule has 25 heavy (non-hydrogen) atoms. The van der Waals surface area contributed by atoms with E-state index in [-0.39, 0.29) is 11.9 Å². The van der Waals surface area contributed by atoms with Gasteiger partial charge >= 0.3 is 0 Å². The second-order valence-electron chi connectivity index (χ2n) is 5.87. The van der Waals surface area contributed by atoms with Crippen LogP contribution in [0.5, 0.6) is 0 Å². The van der Waals surface area contributed by atoms with Crippen LogP contribution in [0.25, 0.3) is 16.7 Å². The van der Waals surface area contributed by atoms with Crippen LogP contribution < -0.4 is 5.32 Å². The predicted molar refractivity (Wildman–Crippen MR) is 95.7 cm³/mol. The van der Waals surface area contributed by atoms with Crippen LogP contribution in [0.4, 0.5) is 0 Å². The van der Waals surface area contributed by atoms with Gasteiger partial charge in [0.25, 0.3) is 5.91 Å². The quantitative estimate of drug-likeness (QED) is 0.612. The van der Waals surface area contributed by atoms with Gasteiger partial charge in [-0.3, -0.25) is 9.36 Å². The first-order valence-corrected chi connectivity index (χ1v) is 8.09. The molecular formula is C20H17N3O2. The smallest absolute Gasteiger partial charge is 0.270 e. The lowest BCUT2D eigenvalue weighted by atomic mass is 10.2. The summed E-state index contributed by atoms with van der Waals surface area (Å²) < 4.78 is 7.59. The van der Waals surface area contributed by atoms with E-state index in [1.165, 1.54) is 0 Å². The van der Waals surface area contributed by atoms with Gasteiger partial charge in [-0.15, -0.1) is 0 Å². The van der Waals surface area contributed by atoms with Gasteiger partial charge in [-0.1, -0.05) is 36.4 Å². The minimum absolute atomic E-state index is 0.200. The number of rotatable bonds is 4. The summed E-state index contributed by atoms with van der Waals surface area (Å²) in [7, 11) is 0. The van der Waals surface area contributed by atoms with E-state index in [0.717, 1.165) is 22.4 Å². The topological polar surface area (TPSA) is 60.1 Å². The van der Waals surface area contributed by atoms with Crippen LogP contribution in [0.2, 0.25) is 0 Å². The van der Waals surface area contributed by atoms with Crippen LogP contribution >= 0.6 is 0 Å². The molecule has 4 rings (SSSR count). The Labute approximate surface area is 144 Å². The maximum atomic E-state index is 12.7. The first kappa shape index (κ1) is 15.2. The van der Waals surface area contributed by atoms with E-state index < -0.39 is 0 Å². The third-order valence-corrected chi connectivity index (χ3v) is 4.12. The fourth-order valence-corrected chi connectivity index (χ4v) is 2.81. The lowest BCUT2D eigenvalue weighted by Crippen LogP contribution is -2.28. The summed E-state index contributed by atoms with van der Waals surface area (Å²) in [5.41, 5.74) is 2.18. The van der Waals surface area contributed by atoms with Gasteiger partial charge in [-0.05, 0) is 31.2 Å². The number of carbonyl (C=O) groups excluding carboxylic acids is 1. The van der Waals surface area contributed by atoms with E-state index >= 15 is 0 Å². The number of carbonyl (C=O) groups is 1. The second-order valence-corrected chi connectivity index (χ2v) is 5.87. The molecule has 2 aromatic carbocycles. The standard InChI is InChI=1S/C20H17N3O2/c1-14(19-11-15-7-5-6-10-18(15)25-19)22-20(24)17-12-21-13-23(17)16-8-3-2-4-9-16/h2-14H,1H3,(H,22,24). The van der Waals surface area contributed by atoms with Gasteiger partial charge < -0.3 is 9.73 Å². The summed E-state index contributed by atoms with van der Waals surface area (Å²) in [6.45, 7) is 1.90. The van der Waals surface area contributed by atoms with Gasteiger partial charge in [-0.2, -0.15) is 0 Å². The summed E-state index contributed by atoms with van der Waals surface area (Å²) in [4.78, 5) is 16.8. The highest BCUT2D eigenvalue weighted by Gasteiger charge is 2.18. The van der Waals surface area contributed by atoms with E-state index in [9.17, 15) is 4.79 Å². The number of amides is 1. The Balaban J connectivity index is 1.57. The van der Waals surface area contributed by atoms with E-state index in [1.54, 1.807) is 17.1 Å². The Bertz CT molecular complexity index is 985. The molecule has 5 nitrogen and oxygen atoms in total. The molecule has 0 saturated heterocycles. The molecule has 1 unspecified atom stereocenters. The molecule has 5 heteroatoms. The highest BCUT2D eigenvalue weighted by Crippen LogP contribution is 2.24. The Morgan fingerprint density at radius 2 is 1.88 bits per heavy atom. The van der Waals surface area contributed by atoms with E-state index in [0.29, 0.717) is 5.69 Å². The van der Waals surface area contributed by atoms with Crippen LogP contribution in [-0.2, 0) is 0 Å². The number of furan rings is 1. The molecular weight excluding hydrogens is 314 g/mol. The van der Waals surface area contributed by atoms with Crippen molar-refractivity contribution in [3.63, 3.8) is 0 Å². The molecule has 4 aromatic rings. The van der Waals surface area contributed by atoms with Gasteiger partial charge in [-0.25, -0.2) is 4.98 Å². The zero-order valence-electron chi connectivity index (χ0n) is 13.7. The maximum absolute atomic E-state index is 12.7. The highest BCUT2D eigenvalue weighted by molar-refractivity contribution is 5.93. The molecule has 0 radical (unpaired) electrons. The van der Waals surface area contributed by atoms with Crippen LogP contribution in [0.3, 0.4) is 0 Å². The van der Waals surface area contributed by atoms with E-state index in [4.69, 9.17) is 4.42 Å². The molecule has 2 heterocycles. The normalized spacial score (nSPS) is 12.2. The molecule has 1 atom stereocenters. The number of imidazole rings is 1. The Kier molecular flexibility index (Phi) is 3.82. The summed E-state index contributed by atoms with van der Waals surface area (Å²) in [6, 6.07) is 19.1. The molecule has 1 N–H and O–H groups in total. The number of nitrogens with zero attached hydrogens (tertiary/aromatic N) is 2. The molecule has 0 aliphatic rings. The monoisotopic (exact) mass is 331 g/mol. The zero-order chi connectivity index (χ0) is 17.2. The lowest BCUT2D eigenvalue weighted by Gasteiger charge is -2.13. The molecule has 0 aliphatic carbocycles. The number of hydrogen-bond donors (Lipinski definition) is 1. The lowest BCUT2D eigenvalue weighted by molar-refractivity contribution is 0.0929. The van der Waals surface area contributed by atoms with Crippen molar-refractivity contribution in [1.82, 2.24) is 14.9 Å². The number of aromatic nitrogens is 2. The third-order valence-electron chi connectivity index (χ3n) is 4.12. The van der Waals surface area contributed by atoms with Gasteiger partial charge in [0.1, 0.15) is 17.0 Å². The largest absolute Gasteiger partial charge is 0.459 e. The number of benzene rings is 2. The third kappa shape index (κ3) is 2.92. The van der Waals surface area contributed by atoms with Gasteiger partial charge in [0.15, 0.2) is 0 Å². The summed E-state index contributed by atoms with van der Waals surface area (Å²) in [5, 5.41) is 4.00. The first-order chi connectivity index (χ1) is 12.2. The van der Waals surface area contributed by atoms with Crippen LogP contribution in [0, 0.1) is 0 Å². The second kappa shape index (κ2) is 6.28. The van der Waals surface area contributed by atoms with Crippen molar-refractivity contribution in [3.8, 4) is 5.69 Å². The minimum Gasteiger partial charge on any atom is -0.459 e. The van der Waals surface area contributed by atoms with E-state index in [1.807, 2.05) is 67.6 Å². The fourth-order valence-electron chi connectivity index (χ4n) is 2.81. The molecule has 0 saturated carbocycles. The Morgan fingerprint density at radius 1 is 1.12 bits per heavy atom. The number of hydrogen-bond acceptors (Lipinski definition) is 3. The van der Waals surface area contributed by atoms with Crippen molar-refractivity contribution in [2.75, 3.05) is 0 Å². The number of para-hydroxylation sites is 2. The van der Waals surface area contributed by atoms with E-state index in [2.05, 4.69) is 10.3 Å². The number of nitrogens with one attached hydrogen (secondary N) is 1. The SMILES string of the molecule is CC(NC(=O)c1cncn1-c1ccccc1)c1cc2ccccc2o1. The Hall–Kier alpha value is -3.34. The molecule has 0 spiro atoms. The van der Waals surface area contributed by atoms with Gasteiger partial charge in [0.2, 0.25) is 0 Å². The van der Waals surface area contributed by atoms with Crippen molar-refractivity contribution in [2.24, 2.45) is 0 Å². The first-order valence-electron chi connectivity index (χ1n) is 8.09. The molecule has 0 aliphatic heterocycles. The highest BCUT2D eigenvalue weighted by atomic mass is 16.3. The van der Waals surface area contributed by atoms with Crippen molar-refractivity contribution in [2.45, 2.75) is 13.0 Å². The molecule has 0 fully saturated rings. The van der Waals surface area contributed by atoms with Gasteiger partial charge in [0.05, 0.1) is 18.6 Å². The van der Waals surface area contributed by atoms with Crippen molar-refractivity contribution < 1.29 is 9.21 Å². The Morgan fingerprint density at radius 3 is 2.68 bits per heavy atom. The van der Waals surface area contributed by atoms with Crippen LogP contribution in [0.1, 0.15) is 29.2 Å². The average Bonchev–Trinajstić information content (AvgIpc) is 3.29. The molecule has 124 valence electrons. The molecule has 0 bridgehead atoms. The predicted octanol–water partition coefficient (Wildman–Crippen LogP) is 4.11. The number of fused-ring (bicyclic) bond motifs is 1. The molecule has 1 amide bonds. The van der Waals surface area contributed by atoms with Crippen molar-refractivity contribution >= 4 is 16.9 Å². The van der Waals surface area contributed by atoms with Gasteiger partial charge in [0, 0.05) is 11.1 Å². The van der Waals surface area contributed by atoms with Crippen LogP contribution in [0.15, 0.2) is 77.6 Å². The average molecular weight is 331 g/mol. The summed E-state index contributed by atoms with van der Waals surface area (Å²) in [6.07, 6.45) is 3.20. The minimum atomic E-state index is -0.251. The van der Waals surface area contributed by atoms with Crippen molar-refractivity contribution in [1.29, 1.82) is 0 Å². The zero-order valence-corrected chi connectivity index (χ0v) is 13.7. The summed E-state index contributed by atoms with van der Waals surface area (Å²) >= 11 is 0. The fraction of sp³-hybridized carbons (Fsp3) is 0.100.